The summed E-state index contributed by atoms with van der Waals surface area (Å²) in [5.41, 5.74) is 1.98. The molecule has 0 saturated carbocycles. The molecule has 128 valence electrons. The van der Waals surface area contributed by atoms with Gasteiger partial charge in [0.25, 0.3) is 10.0 Å². The number of hydrogen-bond donors (Lipinski definition) is 1. The second kappa shape index (κ2) is 7.35. The molecule has 0 aromatic heterocycles. The van der Waals surface area contributed by atoms with Crippen LogP contribution in [-0.4, -0.2) is 21.5 Å². The lowest BCUT2D eigenvalue weighted by Gasteiger charge is -2.13. The molecule has 7 heteroatoms. The first-order valence-electron chi connectivity index (χ1n) is 7.28. The number of benzene rings is 2. The largest absolute Gasteiger partial charge is 0.550 e. The maximum absolute atomic E-state index is 12.5. The van der Waals surface area contributed by atoms with Crippen LogP contribution in [-0.2, 0) is 21.2 Å². The second-order valence-electron chi connectivity index (χ2n) is 5.33. The Morgan fingerprint density at radius 3 is 2.42 bits per heavy atom. The van der Waals surface area contributed by atoms with Crippen LogP contribution in [0, 0.1) is 6.92 Å². The van der Waals surface area contributed by atoms with Gasteiger partial charge in [-0.2, -0.15) is 0 Å². The summed E-state index contributed by atoms with van der Waals surface area (Å²) < 4.78 is 32.7. The molecule has 0 saturated heterocycles. The molecule has 2 aromatic rings. The van der Waals surface area contributed by atoms with Crippen molar-refractivity contribution in [2.75, 3.05) is 11.8 Å². The zero-order valence-electron chi connectivity index (χ0n) is 13.4. The van der Waals surface area contributed by atoms with E-state index in [0.717, 1.165) is 11.1 Å². The number of aliphatic carboxylic acids is 1. The number of rotatable bonds is 7. The molecular weight excluding hydrogens is 330 g/mol. The highest BCUT2D eigenvalue weighted by Crippen LogP contribution is 2.27. The Balaban J connectivity index is 2.21. The number of aryl methyl sites for hydroxylation is 2. The molecular formula is C17H18NO5S-. The van der Waals surface area contributed by atoms with E-state index in [2.05, 4.69) is 4.72 Å². The maximum atomic E-state index is 12.5. The number of hydrogen-bond acceptors (Lipinski definition) is 5. The Morgan fingerprint density at radius 2 is 1.83 bits per heavy atom. The number of nitrogens with one attached hydrogen (secondary N) is 1. The van der Waals surface area contributed by atoms with Gasteiger partial charge in [0.2, 0.25) is 0 Å². The molecule has 0 spiro atoms. The van der Waals surface area contributed by atoms with Crippen LogP contribution in [0.25, 0.3) is 0 Å². The third-order valence-electron chi connectivity index (χ3n) is 3.45. The van der Waals surface area contributed by atoms with Gasteiger partial charge in [0.1, 0.15) is 5.75 Å². The first-order chi connectivity index (χ1) is 11.3. The molecule has 0 amide bonds. The maximum Gasteiger partial charge on any atom is 0.262 e. The molecule has 0 atom stereocenters. The first-order valence-corrected chi connectivity index (χ1v) is 8.76. The molecule has 0 aliphatic rings. The minimum atomic E-state index is -3.77. The van der Waals surface area contributed by atoms with E-state index in [1.165, 1.54) is 19.2 Å². The van der Waals surface area contributed by atoms with E-state index in [9.17, 15) is 18.3 Å². The summed E-state index contributed by atoms with van der Waals surface area (Å²) in [4.78, 5) is 10.5. The summed E-state index contributed by atoms with van der Waals surface area (Å²) in [6.45, 7) is 1.85. The highest BCUT2D eigenvalue weighted by Gasteiger charge is 2.16. The smallest absolute Gasteiger partial charge is 0.262 e. The fourth-order valence-corrected chi connectivity index (χ4v) is 3.25. The Kier molecular flexibility index (Phi) is 5.46. The Morgan fingerprint density at radius 1 is 1.17 bits per heavy atom. The fraction of sp³-hybridized carbons (Fsp3) is 0.235. The molecule has 0 bridgehead atoms. The van der Waals surface area contributed by atoms with Crippen molar-refractivity contribution < 1.29 is 23.1 Å². The van der Waals surface area contributed by atoms with Crippen LogP contribution in [0.15, 0.2) is 47.4 Å². The lowest BCUT2D eigenvalue weighted by Crippen LogP contribution is -2.22. The monoisotopic (exact) mass is 348 g/mol. The molecule has 2 rings (SSSR count). The minimum Gasteiger partial charge on any atom is -0.550 e. The minimum absolute atomic E-state index is 0.0864. The zero-order valence-corrected chi connectivity index (χ0v) is 14.2. The number of carboxylic acid groups (broad SMARTS) is 1. The predicted molar refractivity (Wildman–Crippen MR) is 88.3 cm³/mol. The summed E-state index contributed by atoms with van der Waals surface area (Å²) in [7, 11) is -2.30. The van der Waals surface area contributed by atoms with E-state index in [1.54, 1.807) is 24.3 Å². The molecule has 24 heavy (non-hydrogen) atoms. The molecule has 1 N–H and O–H groups in total. The van der Waals surface area contributed by atoms with Crippen LogP contribution >= 0.6 is 0 Å². The molecule has 0 heterocycles. The van der Waals surface area contributed by atoms with Gasteiger partial charge in [-0.15, -0.1) is 0 Å². The number of anilines is 1. The normalized spacial score (nSPS) is 11.1. The fourth-order valence-electron chi connectivity index (χ4n) is 2.19. The van der Waals surface area contributed by atoms with Gasteiger partial charge in [-0.3, -0.25) is 4.72 Å². The predicted octanol–water partition coefficient (Wildman–Crippen LogP) is 1.49. The van der Waals surface area contributed by atoms with Crippen molar-refractivity contribution in [3.05, 3.63) is 53.6 Å². The Labute approximate surface area is 141 Å². The lowest BCUT2D eigenvalue weighted by molar-refractivity contribution is -0.305. The molecule has 6 nitrogen and oxygen atoms in total. The van der Waals surface area contributed by atoms with Gasteiger partial charge < -0.3 is 14.6 Å². The van der Waals surface area contributed by atoms with Crippen LogP contribution < -0.4 is 14.6 Å². The summed E-state index contributed by atoms with van der Waals surface area (Å²) in [5.74, 6) is -0.713. The first kappa shape index (κ1) is 17.8. The van der Waals surface area contributed by atoms with Crippen molar-refractivity contribution in [3.63, 3.8) is 0 Å². The molecule has 2 aromatic carbocycles. The Hall–Kier alpha value is -2.54. The topological polar surface area (TPSA) is 95.5 Å². The highest BCUT2D eigenvalue weighted by molar-refractivity contribution is 7.92. The second-order valence-corrected chi connectivity index (χ2v) is 7.01. The number of carboxylic acids is 1. The average molecular weight is 348 g/mol. The summed E-state index contributed by atoms with van der Waals surface area (Å²) in [6, 6.07) is 11.3. The van der Waals surface area contributed by atoms with Gasteiger partial charge in [0.05, 0.1) is 17.7 Å². The quantitative estimate of drug-likeness (QED) is 0.818. The van der Waals surface area contributed by atoms with Crippen LogP contribution in [0.5, 0.6) is 5.75 Å². The standard InChI is InChI=1S/C17H19NO5S/c1-12-3-9-16(23-2)15(11-12)18-24(21,22)14-7-4-13(5-8-14)6-10-17(19)20/h3-5,7-9,11,18H,6,10H2,1-2H3,(H,19,20)/p-1. The molecule has 0 fully saturated rings. The average Bonchev–Trinajstić information content (AvgIpc) is 2.53. The van der Waals surface area contributed by atoms with E-state index in [1.807, 2.05) is 13.0 Å². The van der Waals surface area contributed by atoms with Crippen molar-refractivity contribution in [1.82, 2.24) is 0 Å². The third-order valence-corrected chi connectivity index (χ3v) is 4.83. The van der Waals surface area contributed by atoms with Crippen molar-refractivity contribution in [2.24, 2.45) is 0 Å². The molecule has 0 aliphatic carbocycles. The number of carbonyl (C=O) groups is 1. The highest BCUT2D eigenvalue weighted by atomic mass is 32.2. The van der Waals surface area contributed by atoms with E-state index < -0.39 is 16.0 Å². The van der Waals surface area contributed by atoms with Crippen molar-refractivity contribution in [1.29, 1.82) is 0 Å². The van der Waals surface area contributed by atoms with Crippen LogP contribution in [0.3, 0.4) is 0 Å². The number of methoxy groups -OCH3 is 1. The van der Waals surface area contributed by atoms with Gasteiger partial charge in [0.15, 0.2) is 0 Å². The molecule has 0 unspecified atom stereocenters. The van der Waals surface area contributed by atoms with E-state index in [4.69, 9.17) is 4.74 Å². The number of ether oxygens (including phenoxy) is 1. The van der Waals surface area contributed by atoms with Crippen LogP contribution in [0.2, 0.25) is 0 Å². The van der Waals surface area contributed by atoms with E-state index >= 15 is 0 Å². The van der Waals surface area contributed by atoms with Crippen molar-refractivity contribution in [2.45, 2.75) is 24.7 Å². The SMILES string of the molecule is COc1ccc(C)cc1NS(=O)(=O)c1ccc(CCC(=O)[O-])cc1. The zero-order chi connectivity index (χ0) is 17.7. The van der Waals surface area contributed by atoms with Crippen molar-refractivity contribution in [3.8, 4) is 5.75 Å². The van der Waals surface area contributed by atoms with E-state index in [0.29, 0.717) is 17.9 Å². The van der Waals surface area contributed by atoms with Crippen LogP contribution in [0.4, 0.5) is 5.69 Å². The number of sulfonamides is 1. The van der Waals surface area contributed by atoms with Crippen LogP contribution in [0.1, 0.15) is 17.5 Å². The van der Waals surface area contributed by atoms with E-state index in [-0.39, 0.29) is 11.3 Å². The number of carbonyl (C=O) groups excluding carboxylic acids is 1. The summed E-state index contributed by atoms with van der Waals surface area (Å²) >= 11 is 0. The summed E-state index contributed by atoms with van der Waals surface area (Å²) in [5, 5.41) is 10.5. The van der Waals surface area contributed by atoms with Gasteiger partial charge in [-0.1, -0.05) is 18.2 Å². The van der Waals surface area contributed by atoms with Gasteiger partial charge >= 0.3 is 0 Å². The van der Waals surface area contributed by atoms with Gasteiger partial charge in [-0.05, 0) is 55.2 Å². The van der Waals surface area contributed by atoms with Gasteiger partial charge in [-0.25, -0.2) is 8.42 Å². The summed E-state index contributed by atoms with van der Waals surface area (Å²) in [6.07, 6.45) is 0.187. The Bertz CT molecular complexity index is 829. The molecule has 0 radical (unpaired) electrons. The lowest BCUT2D eigenvalue weighted by atomic mass is 10.1. The van der Waals surface area contributed by atoms with Crippen molar-refractivity contribution >= 4 is 21.7 Å². The third kappa shape index (κ3) is 4.48. The van der Waals surface area contributed by atoms with Gasteiger partial charge in [0, 0.05) is 5.97 Å². The molecule has 0 aliphatic heterocycles.